The SMILES string of the molecule is CCc1c(C)nn(C(CC#N)c2ccccc2)c1C. The van der Waals surface area contributed by atoms with E-state index in [0.717, 1.165) is 17.7 Å². The van der Waals surface area contributed by atoms with E-state index < -0.39 is 0 Å². The quantitative estimate of drug-likeness (QED) is 0.836. The van der Waals surface area contributed by atoms with Crippen LogP contribution in [-0.2, 0) is 6.42 Å². The molecule has 1 unspecified atom stereocenters. The van der Waals surface area contributed by atoms with Gasteiger partial charge >= 0.3 is 0 Å². The number of hydrogen-bond acceptors (Lipinski definition) is 2. The number of aromatic nitrogens is 2. The lowest BCUT2D eigenvalue weighted by molar-refractivity contribution is 0.516. The van der Waals surface area contributed by atoms with Crippen molar-refractivity contribution in [3.63, 3.8) is 0 Å². The fraction of sp³-hybridized carbons (Fsp3) is 0.375. The smallest absolute Gasteiger partial charge is 0.0901 e. The number of nitriles is 1. The fourth-order valence-corrected chi connectivity index (χ4v) is 2.62. The average Bonchev–Trinajstić information content (AvgIpc) is 2.71. The molecule has 0 aliphatic rings. The van der Waals surface area contributed by atoms with E-state index >= 15 is 0 Å². The molecular weight excluding hydrogens is 234 g/mol. The van der Waals surface area contributed by atoms with E-state index in [9.17, 15) is 0 Å². The Kier molecular flexibility index (Phi) is 4.01. The number of nitrogens with zero attached hydrogens (tertiary/aromatic N) is 3. The van der Waals surface area contributed by atoms with Crippen LogP contribution in [0.2, 0.25) is 0 Å². The van der Waals surface area contributed by atoms with Crippen LogP contribution in [-0.4, -0.2) is 9.78 Å². The summed E-state index contributed by atoms with van der Waals surface area (Å²) in [4.78, 5) is 0. The van der Waals surface area contributed by atoms with Crippen LogP contribution in [0.3, 0.4) is 0 Å². The van der Waals surface area contributed by atoms with Crippen LogP contribution in [0.15, 0.2) is 30.3 Å². The Morgan fingerprint density at radius 3 is 2.47 bits per heavy atom. The largest absolute Gasteiger partial charge is 0.261 e. The molecule has 1 atom stereocenters. The van der Waals surface area contributed by atoms with Crippen molar-refractivity contribution in [2.75, 3.05) is 0 Å². The summed E-state index contributed by atoms with van der Waals surface area (Å²) < 4.78 is 2.01. The van der Waals surface area contributed by atoms with Gasteiger partial charge in [-0.3, -0.25) is 4.68 Å². The third-order valence-corrected chi connectivity index (χ3v) is 3.59. The maximum absolute atomic E-state index is 9.09. The van der Waals surface area contributed by atoms with Crippen molar-refractivity contribution < 1.29 is 0 Å². The van der Waals surface area contributed by atoms with Crippen molar-refractivity contribution in [1.29, 1.82) is 5.26 Å². The molecule has 2 rings (SSSR count). The van der Waals surface area contributed by atoms with E-state index in [4.69, 9.17) is 5.26 Å². The lowest BCUT2D eigenvalue weighted by Crippen LogP contribution is -2.13. The molecule has 0 amide bonds. The van der Waals surface area contributed by atoms with Crippen molar-refractivity contribution >= 4 is 0 Å². The number of aryl methyl sites for hydroxylation is 1. The zero-order chi connectivity index (χ0) is 13.8. The molecule has 0 N–H and O–H groups in total. The van der Waals surface area contributed by atoms with Crippen LogP contribution in [0, 0.1) is 25.2 Å². The van der Waals surface area contributed by atoms with Crippen molar-refractivity contribution in [1.82, 2.24) is 9.78 Å². The Morgan fingerprint density at radius 1 is 1.26 bits per heavy atom. The average molecular weight is 253 g/mol. The van der Waals surface area contributed by atoms with Crippen molar-refractivity contribution in [2.45, 2.75) is 39.7 Å². The lowest BCUT2D eigenvalue weighted by atomic mass is 10.0. The van der Waals surface area contributed by atoms with E-state index in [0.29, 0.717) is 6.42 Å². The molecule has 1 heterocycles. The van der Waals surface area contributed by atoms with Crippen LogP contribution < -0.4 is 0 Å². The summed E-state index contributed by atoms with van der Waals surface area (Å²) in [6.45, 7) is 6.27. The van der Waals surface area contributed by atoms with Gasteiger partial charge in [0.2, 0.25) is 0 Å². The summed E-state index contributed by atoms with van der Waals surface area (Å²) in [7, 11) is 0. The summed E-state index contributed by atoms with van der Waals surface area (Å²) in [5, 5.41) is 13.7. The van der Waals surface area contributed by atoms with Gasteiger partial charge in [-0.05, 0) is 31.4 Å². The minimum absolute atomic E-state index is 0.00481. The molecule has 2 aromatic rings. The van der Waals surface area contributed by atoms with Gasteiger partial charge in [0.1, 0.15) is 0 Å². The molecule has 3 nitrogen and oxygen atoms in total. The highest BCUT2D eigenvalue weighted by Crippen LogP contribution is 2.25. The summed E-state index contributed by atoms with van der Waals surface area (Å²) in [5.41, 5.74) is 4.67. The van der Waals surface area contributed by atoms with Gasteiger partial charge in [-0.15, -0.1) is 0 Å². The molecule has 0 radical (unpaired) electrons. The molecule has 0 fully saturated rings. The van der Waals surface area contributed by atoms with Crippen molar-refractivity contribution in [2.24, 2.45) is 0 Å². The first kappa shape index (κ1) is 13.4. The fourth-order valence-electron chi connectivity index (χ4n) is 2.62. The highest BCUT2D eigenvalue weighted by atomic mass is 15.3. The summed E-state index contributed by atoms with van der Waals surface area (Å²) in [6, 6.07) is 12.4. The summed E-state index contributed by atoms with van der Waals surface area (Å²) in [6.07, 6.45) is 1.42. The zero-order valence-corrected chi connectivity index (χ0v) is 11.7. The van der Waals surface area contributed by atoms with Gasteiger partial charge in [0.05, 0.1) is 24.2 Å². The predicted octanol–water partition coefficient (Wildman–Crippen LogP) is 3.57. The predicted molar refractivity (Wildman–Crippen MR) is 75.9 cm³/mol. The first-order valence-electron chi connectivity index (χ1n) is 6.65. The molecule has 19 heavy (non-hydrogen) atoms. The van der Waals surface area contributed by atoms with Gasteiger partial charge in [-0.2, -0.15) is 10.4 Å². The van der Waals surface area contributed by atoms with Crippen LogP contribution in [0.1, 0.15) is 41.9 Å². The van der Waals surface area contributed by atoms with Gasteiger partial charge in [0, 0.05) is 5.69 Å². The monoisotopic (exact) mass is 253 g/mol. The normalized spacial score (nSPS) is 12.1. The topological polar surface area (TPSA) is 41.6 Å². The van der Waals surface area contributed by atoms with Crippen LogP contribution in [0.5, 0.6) is 0 Å². The number of benzene rings is 1. The maximum Gasteiger partial charge on any atom is 0.0901 e. The standard InChI is InChI=1S/C16H19N3/c1-4-15-12(2)18-19(13(15)3)16(10-11-17)14-8-6-5-7-9-14/h5-9,16H,4,10H2,1-3H3. The molecule has 3 heteroatoms. The maximum atomic E-state index is 9.09. The Bertz CT molecular complexity index is 590. The van der Waals surface area contributed by atoms with Gasteiger partial charge in [-0.1, -0.05) is 37.3 Å². The Morgan fingerprint density at radius 2 is 1.95 bits per heavy atom. The van der Waals surface area contributed by atoms with E-state index in [-0.39, 0.29) is 6.04 Å². The second kappa shape index (κ2) is 5.71. The van der Waals surface area contributed by atoms with Crippen LogP contribution >= 0.6 is 0 Å². The zero-order valence-electron chi connectivity index (χ0n) is 11.7. The molecule has 1 aromatic carbocycles. The van der Waals surface area contributed by atoms with Crippen LogP contribution in [0.25, 0.3) is 0 Å². The molecule has 98 valence electrons. The molecule has 0 spiro atoms. The Balaban J connectivity index is 2.49. The minimum Gasteiger partial charge on any atom is -0.261 e. The van der Waals surface area contributed by atoms with Gasteiger partial charge < -0.3 is 0 Å². The molecule has 0 saturated heterocycles. The van der Waals surface area contributed by atoms with Gasteiger partial charge in [0.15, 0.2) is 0 Å². The highest BCUT2D eigenvalue weighted by Gasteiger charge is 2.19. The minimum atomic E-state index is 0.00481. The second-order valence-electron chi connectivity index (χ2n) is 4.74. The first-order valence-corrected chi connectivity index (χ1v) is 6.65. The second-order valence-corrected chi connectivity index (χ2v) is 4.74. The number of rotatable bonds is 4. The van der Waals surface area contributed by atoms with E-state index in [1.807, 2.05) is 29.8 Å². The number of hydrogen-bond donors (Lipinski definition) is 0. The Hall–Kier alpha value is -2.08. The molecular formula is C16H19N3. The van der Waals surface area contributed by atoms with E-state index in [2.05, 4.69) is 37.1 Å². The van der Waals surface area contributed by atoms with Crippen molar-refractivity contribution in [3.05, 3.63) is 52.8 Å². The third-order valence-electron chi connectivity index (χ3n) is 3.59. The molecule has 0 bridgehead atoms. The van der Waals surface area contributed by atoms with E-state index in [1.165, 1.54) is 11.3 Å². The third kappa shape index (κ3) is 2.53. The Labute approximate surface area is 114 Å². The van der Waals surface area contributed by atoms with Crippen molar-refractivity contribution in [3.8, 4) is 6.07 Å². The van der Waals surface area contributed by atoms with Gasteiger partial charge in [-0.25, -0.2) is 0 Å². The van der Waals surface area contributed by atoms with Gasteiger partial charge in [0.25, 0.3) is 0 Å². The highest BCUT2D eigenvalue weighted by molar-refractivity contribution is 5.28. The molecule has 0 aliphatic carbocycles. The van der Waals surface area contributed by atoms with Crippen LogP contribution in [0.4, 0.5) is 0 Å². The molecule has 0 saturated carbocycles. The summed E-state index contributed by atoms with van der Waals surface area (Å²) in [5.74, 6) is 0. The van der Waals surface area contributed by atoms with E-state index in [1.54, 1.807) is 0 Å². The first-order chi connectivity index (χ1) is 9.19. The molecule has 0 aliphatic heterocycles. The summed E-state index contributed by atoms with van der Waals surface area (Å²) >= 11 is 0. The molecule has 1 aromatic heterocycles. The lowest BCUT2D eigenvalue weighted by Gasteiger charge is -2.17.